The third-order valence-electron chi connectivity index (χ3n) is 2.09. The first-order valence-electron chi connectivity index (χ1n) is 4.21. The van der Waals surface area contributed by atoms with Gasteiger partial charge in [0, 0.05) is 5.56 Å². The average Bonchev–Trinajstić information content (AvgIpc) is 2.04. The Labute approximate surface area is 73.4 Å². The Morgan fingerprint density at radius 1 is 1.33 bits per heavy atom. The number of rotatable bonds is 2. The van der Waals surface area contributed by atoms with Crippen molar-refractivity contribution >= 4 is 6.29 Å². The van der Waals surface area contributed by atoms with Gasteiger partial charge in [-0.2, -0.15) is 0 Å². The second-order valence-electron chi connectivity index (χ2n) is 3.39. The monoisotopic (exact) mass is 162 g/mol. The van der Waals surface area contributed by atoms with E-state index in [0.29, 0.717) is 5.92 Å². The highest BCUT2D eigenvalue weighted by Crippen LogP contribution is 2.17. The van der Waals surface area contributed by atoms with Crippen molar-refractivity contribution in [1.82, 2.24) is 0 Å². The molecule has 0 saturated heterocycles. The van der Waals surface area contributed by atoms with Crippen LogP contribution in [0.3, 0.4) is 0 Å². The van der Waals surface area contributed by atoms with Crippen LogP contribution < -0.4 is 0 Å². The van der Waals surface area contributed by atoms with Crippen LogP contribution in [0.2, 0.25) is 0 Å². The molecule has 0 atom stereocenters. The molecular formula is C11H14O. The molecule has 0 aliphatic rings. The molecule has 0 saturated carbocycles. The van der Waals surface area contributed by atoms with Gasteiger partial charge in [0.15, 0.2) is 0 Å². The van der Waals surface area contributed by atoms with Crippen LogP contribution in [0.4, 0.5) is 0 Å². The van der Waals surface area contributed by atoms with Crippen LogP contribution in [-0.4, -0.2) is 6.29 Å². The van der Waals surface area contributed by atoms with Crippen LogP contribution in [0.5, 0.6) is 0 Å². The van der Waals surface area contributed by atoms with Crippen LogP contribution in [0.15, 0.2) is 18.2 Å². The molecule has 0 aromatic heterocycles. The van der Waals surface area contributed by atoms with Crippen molar-refractivity contribution in [3.63, 3.8) is 0 Å². The molecule has 0 aliphatic heterocycles. The van der Waals surface area contributed by atoms with Crippen molar-refractivity contribution in [2.24, 2.45) is 0 Å². The normalized spacial score (nSPS) is 10.3. The third-order valence-corrected chi connectivity index (χ3v) is 2.09. The molecule has 0 spiro atoms. The second kappa shape index (κ2) is 3.53. The molecule has 0 aliphatic carbocycles. The Balaban J connectivity index is 3.10. The van der Waals surface area contributed by atoms with Gasteiger partial charge in [0.25, 0.3) is 0 Å². The van der Waals surface area contributed by atoms with E-state index in [1.807, 2.05) is 19.1 Å². The highest BCUT2D eigenvalue weighted by atomic mass is 16.1. The minimum Gasteiger partial charge on any atom is -0.298 e. The van der Waals surface area contributed by atoms with E-state index >= 15 is 0 Å². The molecular weight excluding hydrogens is 148 g/mol. The first-order chi connectivity index (χ1) is 5.65. The lowest BCUT2D eigenvalue weighted by molar-refractivity contribution is 0.112. The smallest absolute Gasteiger partial charge is 0.150 e. The topological polar surface area (TPSA) is 17.1 Å². The molecule has 12 heavy (non-hydrogen) atoms. The zero-order valence-corrected chi connectivity index (χ0v) is 7.79. The molecule has 0 amide bonds. The SMILES string of the molecule is Cc1cc(C(C)C)ccc1C=O. The lowest BCUT2D eigenvalue weighted by Gasteiger charge is -2.06. The van der Waals surface area contributed by atoms with Crippen LogP contribution in [0.25, 0.3) is 0 Å². The maximum Gasteiger partial charge on any atom is 0.150 e. The van der Waals surface area contributed by atoms with Crippen LogP contribution in [-0.2, 0) is 0 Å². The summed E-state index contributed by atoms with van der Waals surface area (Å²) < 4.78 is 0. The molecule has 1 heteroatoms. The standard InChI is InChI=1S/C11H14O/c1-8(2)10-4-5-11(7-12)9(3)6-10/h4-8H,1-3H3. The van der Waals surface area contributed by atoms with Crippen molar-refractivity contribution in [3.05, 3.63) is 34.9 Å². The number of carbonyl (C=O) groups is 1. The van der Waals surface area contributed by atoms with Crippen molar-refractivity contribution in [2.75, 3.05) is 0 Å². The molecule has 1 nitrogen and oxygen atoms in total. The molecule has 0 bridgehead atoms. The largest absolute Gasteiger partial charge is 0.298 e. The summed E-state index contributed by atoms with van der Waals surface area (Å²) in [5, 5.41) is 0. The minimum atomic E-state index is 0.532. The molecule has 1 rings (SSSR count). The summed E-state index contributed by atoms with van der Waals surface area (Å²) in [6.45, 7) is 6.26. The Morgan fingerprint density at radius 3 is 2.42 bits per heavy atom. The summed E-state index contributed by atoms with van der Waals surface area (Å²) in [6.07, 6.45) is 0.902. The number of hydrogen-bond acceptors (Lipinski definition) is 1. The lowest BCUT2D eigenvalue weighted by atomic mass is 9.98. The molecule has 0 heterocycles. The highest BCUT2D eigenvalue weighted by molar-refractivity contribution is 5.77. The highest BCUT2D eigenvalue weighted by Gasteiger charge is 2.01. The van der Waals surface area contributed by atoms with E-state index in [4.69, 9.17) is 0 Å². The maximum atomic E-state index is 10.5. The van der Waals surface area contributed by atoms with Crippen LogP contribution in [0, 0.1) is 6.92 Å². The zero-order valence-electron chi connectivity index (χ0n) is 7.79. The first kappa shape index (κ1) is 8.98. The Bertz CT molecular complexity index is 287. The fraction of sp³-hybridized carbons (Fsp3) is 0.364. The quantitative estimate of drug-likeness (QED) is 0.611. The van der Waals surface area contributed by atoms with Gasteiger partial charge < -0.3 is 0 Å². The number of carbonyl (C=O) groups excluding carboxylic acids is 1. The van der Waals surface area contributed by atoms with Gasteiger partial charge >= 0.3 is 0 Å². The van der Waals surface area contributed by atoms with Crippen LogP contribution >= 0.6 is 0 Å². The predicted molar refractivity (Wildman–Crippen MR) is 50.7 cm³/mol. The number of aryl methyl sites for hydroxylation is 1. The third kappa shape index (κ3) is 1.73. The summed E-state index contributed by atoms with van der Waals surface area (Å²) in [5.41, 5.74) is 3.15. The van der Waals surface area contributed by atoms with Gasteiger partial charge in [-0.3, -0.25) is 4.79 Å². The number of aldehydes is 1. The van der Waals surface area contributed by atoms with E-state index in [2.05, 4.69) is 19.9 Å². The molecule has 64 valence electrons. The molecule has 0 radical (unpaired) electrons. The van der Waals surface area contributed by atoms with Crippen molar-refractivity contribution in [3.8, 4) is 0 Å². The summed E-state index contributed by atoms with van der Waals surface area (Å²) in [5.74, 6) is 0.532. The van der Waals surface area contributed by atoms with Gasteiger partial charge in [0.05, 0.1) is 0 Å². The summed E-state index contributed by atoms with van der Waals surface area (Å²) in [6, 6.07) is 5.98. The maximum absolute atomic E-state index is 10.5. The van der Waals surface area contributed by atoms with E-state index in [-0.39, 0.29) is 0 Å². The number of benzene rings is 1. The van der Waals surface area contributed by atoms with Gasteiger partial charge in [-0.15, -0.1) is 0 Å². The van der Waals surface area contributed by atoms with Crippen molar-refractivity contribution in [1.29, 1.82) is 0 Å². The molecule has 0 fully saturated rings. The summed E-state index contributed by atoms with van der Waals surface area (Å²) >= 11 is 0. The Morgan fingerprint density at radius 2 is 2.00 bits per heavy atom. The molecule has 1 aromatic rings. The molecule has 0 N–H and O–H groups in total. The summed E-state index contributed by atoms with van der Waals surface area (Å²) in [4.78, 5) is 10.5. The van der Waals surface area contributed by atoms with Gasteiger partial charge in [-0.25, -0.2) is 0 Å². The van der Waals surface area contributed by atoms with E-state index in [1.165, 1.54) is 5.56 Å². The molecule has 0 unspecified atom stereocenters. The van der Waals surface area contributed by atoms with Crippen molar-refractivity contribution in [2.45, 2.75) is 26.7 Å². The number of hydrogen-bond donors (Lipinski definition) is 0. The predicted octanol–water partition coefficient (Wildman–Crippen LogP) is 2.93. The average molecular weight is 162 g/mol. The van der Waals surface area contributed by atoms with Gasteiger partial charge in [0.1, 0.15) is 6.29 Å². The van der Waals surface area contributed by atoms with E-state index < -0.39 is 0 Å². The minimum absolute atomic E-state index is 0.532. The lowest BCUT2D eigenvalue weighted by Crippen LogP contribution is -1.91. The van der Waals surface area contributed by atoms with Gasteiger partial charge in [-0.1, -0.05) is 32.0 Å². The second-order valence-corrected chi connectivity index (χ2v) is 3.39. The van der Waals surface area contributed by atoms with Gasteiger partial charge in [-0.05, 0) is 24.0 Å². The van der Waals surface area contributed by atoms with Gasteiger partial charge in [0.2, 0.25) is 0 Å². The first-order valence-corrected chi connectivity index (χ1v) is 4.21. The Kier molecular flexibility index (Phi) is 2.64. The van der Waals surface area contributed by atoms with E-state index in [9.17, 15) is 4.79 Å². The van der Waals surface area contributed by atoms with E-state index in [0.717, 1.165) is 17.4 Å². The fourth-order valence-electron chi connectivity index (χ4n) is 1.19. The van der Waals surface area contributed by atoms with Crippen LogP contribution in [0.1, 0.15) is 41.3 Å². The Hall–Kier alpha value is -1.11. The van der Waals surface area contributed by atoms with E-state index in [1.54, 1.807) is 0 Å². The van der Waals surface area contributed by atoms with Crippen molar-refractivity contribution < 1.29 is 4.79 Å². The summed E-state index contributed by atoms with van der Waals surface area (Å²) in [7, 11) is 0. The fourth-order valence-corrected chi connectivity index (χ4v) is 1.19. The molecule has 1 aromatic carbocycles. The zero-order chi connectivity index (χ0) is 9.14.